The van der Waals surface area contributed by atoms with Gasteiger partial charge in [0.15, 0.2) is 0 Å². The molecule has 0 aromatic rings. The number of hydrogen-bond donors (Lipinski definition) is 1. The quantitative estimate of drug-likeness (QED) is 0.774. The Morgan fingerprint density at radius 2 is 2.50 bits per heavy atom. The zero-order chi connectivity index (χ0) is 10.6. The molecule has 0 spiro atoms. The summed E-state index contributed by atoms with van der Waals surface area (Å²) in [5, 5.41) is 11.5. The van der Waals surface area contributed by atoms with Gasteiger partial charge in [-0.1, -0.05) is 6.92 Å². The first-order valence-electron chi connectivity index (χ1n) is 4.97. The highest BCUT2D eigenvalue weighted by Crippen LogP contribution is 2.37. The lowest BCUT2D eigenvalue weighted by Gasteiger charge is -2.22. The van der Waals surface area contributed by atoms with Gasteiger partial charge in [0, 0.05) is 0 Å². The molecule has 1 N–H and O–H groups in total. The number of nitriles is 1. The molecule has 1 heterocycles. The van der Waals surface area contributed by atoms with Crippen molar-refractivity contribution in [1.82, 2.24) is 5.32 Å². The SMILES string of the molecule is CCC(C#N)NC(=O)C1(C)CCCS1. The Labute approximate surface area is 89.2 Å². The molecule has 4 heteroatoms. The van der Waals surface area contributed by atoms with E-state index >= 15 is 0 Å². The summed E-state index contributed by atoms with van der Waals surface area (Å²) in [6, 6.07) is 1.75. The van der Waals surface area contributed by atoms with Crippen molar-refractivity contribution >= 4 is 17.7 Å². The molecule has 78 valence electrons. The normalized spacial score (nSPS) is 28.1. The van der Waals surface area contributed by atoms with Gasteiger partial charge < -0.3 is 5.32 Å². The van der Waals surface area contributed by atoms with Gasteiger partial charge in [0.1, 0.15) is 6.04 Å². The van der Waals surface area contributed by atoms with E-state index in [0.29, 0.717) is 6.42 Å². The van der Waals surface area contributed by atoms with Crippen LogP contribution in [-0.2, 0) is 4.79 Å². The van der Waals surface area contributed by atoms with E-state index in [4.69, 9.17) is 5.26 Å². The summed E-state index contributed by atoms with van der Waals surface area (Å²) in [7, 11) is 0. The first kappa shape index (κ1) is 11.4. The molecule has 1 aliphatic heterocycles. The number of rotatable bonds is 3. The highest BCUT2D eigenvalue weighted by atomic mass is 32.2. The minimum atomic E-state index is -0.333. The standard InChI is InChI=1S/C10H16N2OS/c1-3-8(7-11)12-9(13)10(2)5-4-6-14-10/h8H,3-6H2,1-2H3,(H,12,13). The molecule has 1 aliphatic rings. The smallest absolute Gasteiger partial charge is 0.236 e. The van der Waals surface area contributed by atoms with Gasteiger partial charge in [0.05, 0.1) is 10.8 Å². The molecule has 3 nitrogen and oxygen atoms in total. The number of carbonyl (C=O) groups excluding carboxylic acids is 1. The summed E-state index contributed by atoms with van der Waals surface area (Å²) >= 11 is 1.69. The average Bonchev–Trinajstić information content (AvgIpc) is 2.62. The van der Waals surface area contributed by atoms with Crippen LogP contribution in [0, 0.1) is 11.3 Å². The van der Waals surface area contributed by atoms with Crippen LogP contribution in [-0.4, -0.2) is 22.4 Å². The number of hydrogen-bond acceptors (Lipinski definition) is 3. The van der Waals surface area contributed by atoms with Gasteiger partial charge in [-0.25, -0.2) is 0 Å². The summed E-state index contributed by atoms with van der Waals surface area (Å²) in [5.74, 6) is 1.07. The zero-order valence-electron chi connectivity index (χ0n) is 8.67. The molecule has 2 unspecified atom stereocenters. The summed E-state index contributed by atoms with van der Waals surface area (Å²) in [6.07, 6.45) is 2.69. The third-order valence-corrected chi connectivity index (χ3v) is 4.09. The Kier molecular flexibility index (Phi) is 3.82. The van der Waals surface area contributed by atoms with Crippen LogP contribution >= 0.6 is 11.8 Å². The van der Waals surface area contributed by atoms with Gasteiger partial charge in [-0.2, -0.15) is 5.26 Å². The molecule has 2 atom stereocenters. The fourth-order valence-corrected chi connectivity index (χ4v) is 2.71. The van der Waals surface area contributed by atoms with Gasteiger partial charge in [0.2, 0.25) is 5.91 Å². The minimum Gasteiger partial charge on any atom is -0.339 e. The lowest BCUT2D eigenvalue weighted by molar-refractivity contribution is -0.123. The predicted octanol–water partition coefficient (Wildman–Crippen LogP) is 1.69. The van der Waals surface area contributed by atoms with Gasteiger partial charge >= 0.3 is 0 Å². The monoisotopic (exact) mass is 212 g/mol. The summed E-state index contributed by atoms with van der Waals surface area (Å²) in [4.78, 5) is 11.8. The predicted molar refractivity (Wildman–Crippen MR) is 57.9 cm³/mol. The molecule has 1 fully saturated rings. The number of nitrogens with zero attached hydrogens (tertiary/aromatic N) is 1. The number of thioether (sulfide) groups is 1. The number of nitrogens with one attached hydrogen (secondary N) is 1. The van der Waals surface area contributed by atoms with E-state index in [0.717, 1.165) is 18.6 Å². The highest BCUT2D eigenvalue weighted by molar-refractivity contribution is 8.01. The Bertz CT molecular complexity index is 253. The maximum atomic E-state index is 11.8. The number of carbonyl (C=O) groups is 1. The van der Waals surface area contributed by atoms with Crippen LogP contribution in [0.25, 0.3) is 0 Å². The van der Waals surface area contributed by atoms with Gasteiger partial charge in [-0.15, -0.1) is 11.8 Å². The second kappa shape index (κ2) is 4.70. The topological polar surface area (TPSA) is 52.9 Å². The lowest BCUT2D eigenvalue weighted by atomic mass is 10.0. The molecule has 0 aliphatic carbocycles. The van der Waals surface area contributed by atoms with Crippen molar-refractivity contribution in [1.29, 1.82) is 5.26 Å². The molecule has 0 radical (unpaired) electrons. The van der Waals surface area contributed by atoms with Crippen LogP contribution < -0.4 is 5.32 Å². The molecule has 0 saturated carbocycles. The van der Waals surface area contributed by atoms with Crippen LogP contribution in [0.5, 0.6) is 0 Å². The first-order chi connectivity index (χ1) is 6.62. The van der Waals surface area contributed by atoms with Crippen molar-refractivity contribution in [3.05, 3.63) is 0 Å². The zero-order valence-corrected chi connectivity index (χ0v) is 9.49. The third kappa shape index (κ3) is 2.42. The van der Waals surface area contributed by atoms with E-state index < -0.39 is 0 Å². The van der Waals surface area contributed by atoms with Crippen LogP contribution in [0.15, 0.2) is 0 Å². The van der Waals surface area contributed by atoms with Crippen molar-refractivity contribution in [2.45, 2.75) is 43.9 Å². The van der Waals surface area contributed by atoms with Gasteiger partial charge in [0.25, 0.3) is 0 Å². The lowest BCUT2D eigenvalue weighted by Crippen LogP contribution is -2.44. The van der Waals surface area contributed by atoms with Crippen molar-refractivity contribution in [3.63, 3.8) is 0 Å². The molecule has 1 saturated heterocycles. The van der Waals surface area contributed by atoms with E-state index in [9.17, 15) is 4.79 Å². The van der Waals surface area contributed by atoms with Crippen molar-refractivity contribution in [2.75, 3.05) is 5.75 Å². The van der Waals surface area contributed by atoms with Crippen LogP contribution in [0.3, 0.4) is 0 Å². The van der Waals surface area contributed by atoms with E-state index in [1.807, 2.05) is 13.8 Å². The summed E-state index contributed by atoms with van der Waals surface area (Å²) in [6.45, 7) is 3.86. The molecule has 0 bridgehead atoms. The van der Waals surface area contributed by atoms with E-state index in [-0.39, 0.29) is 16.7 Å². The molecule has 1 rings (SSSR count). The molecule has 0 aromatic heterocycles. The van der Waals surface area contributed by atoms with Crippen molar-refractivity contribution in [2.24, 2.45) is 0 Å². The average molecular weight is 212 g/mol. The Morgan fingerprint density at radius 1 is 1.79 bits per heavy atom. The highest BCUT2D eigenvalue weighted by Gasteiger charge is 2.37. The largest absolute Gasteiger partial charge is 0.339 e. The van der Waals surface area contributed by atoms with Crippen LogP contribution in [0.1, 0.15) is 33.1 Å². The molecule has 14 heavy (non-hydrogen) atoms. The molecular weight excluding hydrogens is 196 g/mol. The summed E-state index contributed by atoms with van der Waals surface area (Å²) < 4.78 is -0.301. The van der Waals surface area contributed by atoms with Gasteiger partial charge in [-0.3, -0.25) is 4.79 Å². The van der Waals surface area contributed by atoms with Crippen LogP contribution in [0.4, 0.5) is 0 Å². The first-order valence-corrected chi connectivity index (χ1v) is 5.95. The third-order valence-electron chi connectivity index (χ3n) is 2.57. The van der Waals surface area contributed by atoms with Gasteiger partial charge in [-0.05, 0) is 31.9 Å². The number of amides is 1. The second-order valence-corrected chi connectivity index (χ2v) is 5.34. The molecule has 0 aromatic carbocycles. The maximum absolute atomic E-state index is 11.8. The van der Waals surface area contributed by atoms with Crippen LogP contribution in [0.2, 0.25) is 0 Å². The fraction of sp³-hybridized carbons (Fsp3) is 0.800. The van der Waals surface area contributed by atoms with Crippen molar-refractivity contribution in [3.8, 4) is 6.07 Å². The minimum absolute atomic E-state index is 0.0217. The Balaban J connectivity index is 2.53. The Hall–Kier alpha value is -0.690. The van der Waals surface area contributed by atoms with E-state index in [1.54, 1.807) is 11.8 Å². The molecular formula is C10H16N2OS. The van der Waals surface area contributed by atoms with E-state index in [1.165, 1.54) is 0 Å². The fourth-order valence-electron chi connectivity index (χ4n) is 1.49. The second-order valence-electron chi connectivity index (χ2n) is 3.75. The van der Waals surface area contributed by atoms with E-state index in [2.05, 4.69) is 11.4 Å². The Morgan fingerprint density at radius 3 is 2.93 bits per heavy atom. The van der Waals surface area contributed by atoms with Crippen molar-refractivity contribution < 1.29 is 4.79 Å². The summed E-state index contributed by atoms with van der Waals surface area (Å²) in [5.41, 5.74) is 0. The molecule has 1 amide bonds. The maximum Gasteiger partial charge on any atom is 0.236 e.